The zero-order chi connectivity index (χ0) is 12.3. The van der Waals surface area contributed by atoms with Gasteiger partial charge in [-0.1, -0.05) is 13.8 Å². The van der Waals surface area contributed by atoms with Crippen molar-refractivity contribution in [1.29, 1.82) is 0 Å². The highest BCUT2D eigenvalue weighted by atomic mass is 15.3. The van der Waals surface area contributed by atoms with Crippen molar-refractivity contribution in [2.45, 2.75) is 58.4 Å². The normalized spacial score (nSPS) is 17.6. The fourth-order valence-corrected chi connectivity index (χ4v) is 2.25. The van der Waals surface area contributed by atoms with E-state index in [1.807, 2.05) is 0 Å². The number of nitrogens with zero attached hydrogens (tertiary/aromatic N) is 3. The summed E-state index contributed by atoms with van der Waals surface area (Å²) in [5, 5.41) is 7.48. The predicted octanol–water partition coefficient (Wildman–Crippen LogP) is 2.87. The number of aromatic nitrogens is 3. The fourth-order valence-electron chi connectivity index (χ4n) is 2.25. The number of hydrogen-bond donors (Lipinski definition) is 1. The second-order valence-electron chi connectivity index (χ2n) is 5.07. The van der Waals surface area contributed by atoms with Crippen molar-refractivity contribution in [3.8, 4) is 0 Å². The van der Waals surface area contributed by atoms with Crippen molar-refractivity contribution >= 4 is 0 Å². The van der Waals surface area contributed by atoms with E-state index in [2.05, 4.69) is 40.9 Å². The van der Waals surface area contributed by atoms with Gasteiger partial charge in [0.25, 0.3) is 0 Å². The maximum atomic E-state index is 4.65. The Kier molecular flexibility index (Phi) is 4.15. The van der Waals surface area contributed by atoms with Crippen LogP contribution in [0.25, 0.3) is 0 Å². The molecule has 1 aliphatic carbocycles. The van der Waals surface area contributed by atoms with Gasteiger partial charge >= 0.3 is 0 Å². The van der Waals surface area contributed by atoms with E-state index < -0.39 is 0 Å². The molecular formula is C13H24N4. The summed E-state index contributed by atoms with van der Waals surface area (Å²) in [6, 6.07) is 0.332. The summed E-state index contributed by atoms with van der Waals surface area (Å²) >= 11 is 0. The van der Waals surface area contributed by atoms with Gasteiger partial charge < -0.3 is 0 Å². The van der Waals surface area contributed by atoms with Crippen LogP contribution >= 0.6 is 0 Å². The summed E-state index contributed by atoms with van der Waals surface area (Å²) in [6.45, 7) is 8.92. The van der Waals surface area contributed by atoms with Crippen molar-refractivity contribution in [1.82, 2.24) is 20.1 Å². The zero-order valence-corrected chi connectivity index (χ0v) is 11.2. The average Bonchev–Trinajstić information content (AvgIpc) is 3.06. The first-order chi connectivity index (χ1) is 8.26. The third-order valence-electron chi connectivity index (χ3n) is 3.43. The minimum atomic E-state index is 0.332. The lowest BCUT2D eigenvalue weighted by Crippen LogP contribution is -2.29. The van der Waals surface area contributed by atoms with Crippen molar-refractivity contribution in [3.05, 3.63) is 11.6 Å². The fraction of sp³-hybridized carbons (Fsp3) is 0.846. The van der Waals surface area contributed by atoms with E-state index in [9.17, 15) is 0 Å². The molecule has 0 unspecified atom stereocenters. The van der Waals surface area contributed by atoms with E-state index in [4.69, 9.17) is 0 Å². The molecule has 1 aliphatic rings. The molecule has 0 radical (unpaired) electrons. The molecule has 0 aliphatic heterocycles. The number of hydrogen-bond acceptors (Lipinski definition) is 3. The number of H-pyrrole nitrogens is 1. The van der Waals surface area contributed by atoms with E-state index >= 15 is 0 Å². The van der Waals surface area contributed by atoms with Gasteiger partial charge in [0.05, 0.1) is 6.04 Å². The van der Waals surface area contributed by atoms with Crippen molar-refractivity contribution < 1.29 is 0 Å². The van der Waals surface area contributed by atoms with Crippen LogP contribution in [0, 0.1) is 0 Å². The summed E-state index contributed by atoms with van der Waals surface area (Å²) < 4.78 is 0. The van der Waals surface area contributed by atoms with Gasteiger partial charge in [0.2, 0.25) is 0 Å². The second-order valence-corrected chi connectivity index (χ2v) is 5.07. The number of nitrogens with one attached hydrogen (secondary N) is 1. The molecule has 1 aromatic rings. The van der Waals surface area contributed by atoms with E-state index in [-0.39, 0.29) is 0 Å². The summed E-state index contributed by atoms with van der Waals surface area (Å²) in [5.41, 5.74) is 0. The van der Waals surface area contributed by atoms with Gasteiger partial charge in [0.15, 0.2) is 5.82 Å². The van der Waals surface area contributed by atoms with Crippen LogP contribution in [0.15, 0.2) is 0 Å². The Morgan fingerprint density at radius 3 is 2.47 bits per heavy atom. The lowest BCUT2D eigenvalue weighted by molar-refractivity contribution is 0.204. The minimum absolute atomic E-state index is 0.332. The maximum Gasteiger partial charge on any atom is 0.167 e. The largest absolute Gasteiger partial charge is 0.294 e. The average molecular weight is 236 g/mol. The molecule has 96 valence electrons. The molecule has 0 saturated heterocycles. The maximum absolute atomic E-state index is 4.65. The first-order valence-electron chi connectivity index (χ1n) is 6.92. The first kappa shape index (κ1) is 12.6. The zero-order valence-electron chi connectivity index (χ0n) is 11.2. The molecule has 0 aromatic carbocycles. The standard InChI is InChI=1S/C13H24N4/c1-4-8-17(9-5-2)10(3)12-14-13(16-15-12)11-6-7-11/h10-11H,4-9H2,1-3H3,(H,14,15,16)/t10-/m0/s1. The van der Waals surface area contributed by atoms with Gasteiger partial charge in [-0.3, -0.25) is 10.00 Å². The summed E-state index contributed by atoms with van der Waals surface area (Å²) in [6.07, 6.45) is 4.92. The molecule has 0 bridgehead atoms. The van der Waals surface area contributed by atoms with Gasteiger partial charge in [-0.05, 0) is 45.7 Å². The van der Waals surface area contributed by atoms with Crippen LogP contribution in [-0.4, -0.2) is 33.2 Å². The molecule has 1 atom stereocenters. The molecule has 4 nitrogen and oxygen atoms in total. The molecule has 1 fully saturated rings. The quantitative estimate of drug-likeness (QED) is 0.791. The van der Waals surface area contributed by atoms with Crippen LogP contribution in [0.2, 0.25) is 0 Å². The van der Waals surface area contributed by atoms with E-state index in [0.29, 0.717) is 12.0 Å². The van der Waals surface area contributed by atoms with E-state index in [1.165, 1.54) is 25.7 Å². The highest BCUT2D eigenvalue weighted by Gasteiger charge is 2.28. The summed E-state index contributed by atoms with van der Waals surface area (Å²) in [4.78, 5) is 7.12. The number of aromatic amines is 1. The molecule has 2 rings (SSSR count). The molecule has 1 saturated carbocycles. The SMILES string of the molecule is CCCN(CCC)[C@@H](C)c1n[nH]c(C2CC2)n1. The lowest BCUT2D eigenvalue weighted by Gasteiger charge is -2.26. The van der Waals surface area contributed by atoms with Crippen LogP contribution < -0.4 is 0 Å². The van der Waals surface area contributed by atoms with Crippen molar-refractivity contribution in [2.75, 3.05) is 13.1 Å². The molecule has 1 N–H and O–H groups in total. The van der Waals surface area contributed by atoms with Crippen LogP contribution in [-0.2, 0) is 0 Å². The highest BCUT2D eigenvalue weighted by Crippen LogP contribution is 2.38. The van der Waals surface area contributed by atoms with Crippen LogP contribution in [0.3, 0.4) is 0 Å². The smallest absolute Gasteiger partial charge is 0.167 e. The molecule has 1 aromatic heterocycles. The van der Waals surface area contributed by atoms with E-state index in [1.54, 1.807) is 0 Å². The topological polar surface area (TPSA) is 44.8 Å². The molecule has 4 heteroatoms. The third-order valence-corrected chi connectivity index (χ3v) is 3.43. The molecule has 17 heavy (non-hydrogen) atoms. The second kappa shape index (κ2) is 5.63. The Balaban J connectivity index is 2.01. The predicted molar refractivity (Wildman–Crippen MR) is 68.9 cm³/mol. The third kappa shape index (κ3) is 3.06. The molecular weight excluding hydrogens is 212 g/mol. The minimum Gasteiger partial charge on any atom is -0.294 e. The number of rotatable bonds is 7. The summed E-state index contributed by atoms with van der Waals surface area (Å²) in [7, 11) is 0. The monoisotopic (exact) mass is 236 g/mol. The Bertz CT molecular complexity index is 337. The molecule has 0 spiro atoms. The van der Waals surface area contributed by atoms with Gasteiger partial charge in [-0.2, -0.15) is 5.10 Å². The van der Waals surface area contributed by atoms with Gasteiger partial charge in [-0.25, -0.2) is 4.98 Å². The van der Waals surface area contributed by atoms with Crippen LogP contribution in [0.4, 0.5) is 0 Å². The van der Waals surface area contributed by atoms with Crippen LogP contribution in [0.5, 0.6) is 0 Å². The molecule has 1 heterocycles. The Morgan fingerprint density at radius 1 is 1.29 bits per heavy atom. The lowest BCUT2D eigenvalue weighted by atomic mass is 10.2. The van der Waals surface area contributed by atoms with Gasteiger partial charge in [0.1, 0.15) is 5.82 Å². The molecule has 0 amide bonds. The first-order valence-corrected chi connectivity index (χ1v) is 6.92. The highest BCUT2D eigenvalue weighted by molar-refractivity contribution is 5.06. The van der Waals surface area contributed by atoms with Crippen molar-refractivity contribution in [3.63, 3.8) is 0 Å². The van der Waals surface area contributed by atoms with E-state index in [0.717, 1.165) is 24.7 Å². The van der Waals surface area contributed by atoms with Crippen LogP contribution in [0.1, 0.15) is 70.1 Å². The Labute approximate surface area is 104 Å². The Hall–Kier alpha value is -0.900. The van der Waals surface area contributed by atoms with Gasteiger partial charge in [0, 0.05) is 5.92 Å². The van der Waals surface area contributed by atoms with Crippen molar-refractivity contribution in [2.24, 2.45) is 0 Å². The van der Waals surface area contributed by atoms with Gasteiger partial charge in [-0.15, -0.1) is 0 Å². The Morgan fingerprint density at radius 2 is 1.94 bits per heavy atom. The summed E-state index contributed by atoms with van der Waals surface area (Å²) in [5.74, 6) is 2.72.